The van der Waals surface area contributed by atoms with Gasteiger partial charge >= 0.3 is 0 Å². The molecule has 0 saturated carbocycles. The molecule has 1 unspecified atom stereocenters. The molecule has 0 aromatic heterocycles. The van der Waals surface area contributed by atoms with E-state index in [1.807, 2.05) is 0 Å². The normalized spacial score (nSPS) is 17.4. The molecule has 21 heavy (non-hydrogen) atoms. The molecule has 1 amide bonds. The van der Waals surface area contributed by atoms with Crippen molar-refractivity contribution in [2.45, 2.75) is 18.1 Å². The van der Waals surface area contributed by atoms with Crippen LogP contribution in [0.3, 0.4) is 0 Å². The number of halogens is 2. The molecule has 1 aliphatic rings. The van der Waals surface area contributed by atoms with Gasteiger partial charge in [-0.1, -0.05) is 23.2 Å². The summed E-state index contributed by atoms with van der Waals surface area (Å²) >= 11 is 11.8. The molecule has 3 N–H and O–H groups in total. The second-order valence-electron chi connectivity index (χ2n) is 4.74. The molecular formula is C13H16Cl2N2O3S. The highest BCUT2D eigenvalue weighted by atomic mass is 35.5. The van der Waals surface area contributed by atoms with Crippen LogP contribution in [0.5, 0.6) is 0 Å². The van der Waals surface area contributed by atoms with Gasteiger partial charge in [-0.25, -0.2) is 0 Å². The van der Waals surface area contributed by atoms with Crippen molar-refractivity contribution >= 4 is 51.3 Å². The van der Waals surface area contributed by atoms with Crippen molar-refractivity contribution in [3.8, 4) is 0 Å². The Morgan fingerprint density at radius 1 is 1.38 bits per heavy atom. The molecule has 0 radical (unpaired) electrons. The van der Waals surface area contributed by atoms with E-state index in [0.717, 1.165) is 0 Å². The summed E-state index contributed by atoms with van der Waals surface area (Å²) in [5.74, 6) is -0.459. The Kier molecular flexibility index (Phi) is 5.87. The zero-order chi connectivity index (χ0) is 15.4. The average molecular weight is 351 g/mol. The van der Waals surface area contributed by atoms with E-state index in [4.69, 9.17) is 33.7 Å². The third-order valence-corrected chi connectivity index (χ3v) is 5.44. The van der Waals surface area contributed by atoms with Crippen molar-refractivity contribution in [1.82, 2.24) is 0 Å². The van der Waals surface area contributed by atoms with Crippen molar-refractivity contribution in [3.05, 3.63) is 22.2 Å². The third-order valence-electron chi connectivity index (χ3n) is 3.16. The molecule has 1 aromatic carbocycles. The predicted molar refractivity (Wildman–Crippen MR) is 86.4 cm³/mol. The number of carbonyl (C=O) groups is 1. The van der Waals surface area contributed by atoms with Crippen LogP contribution in [-0.4, -0.2) is 34.3 Å². The molecule has 2 rings (SSSR count). The number of benzene rings is 1. The van der Waals surface area contributed by atoms with Gasteiger partial charge < -0.3 is 15.8 Å². The fourth-order valence-corrected chi connectivity index (χ4v) is 3.93. The van der Waals surface area contributed by atoms with Crippen molar-refractivity contribution in [2.75, 3.05) is 30.0 Å². The van der Waals surface area contributed by atoms with E-state index in [0.29, 0.717) is 36.8 Å². The first-order valence-corrected chi connectivity index (χ1v) is 8.60. The zero-order valence-corrected chi connectivity index (χ0v) is 13.6. The van der Waals surface area contributed by atoms with E-state index in [9.17, 15) is 9.00 Å². The van der Waals surface area contributed by atoms with Gasteiger partial charge in [-0.05, 0) is 25.0 Å². The fraction of sp³-hybridized carbons (Fsp3) is 0.462. The minimum Gasteiger partial charge on any atom is -0.397 e. The van der Waals surface area contributed by atoms with Crippen molar-refractivity contribution in [3.63, 3.8) is 0 Å². The van der Waals surface area contributed by atoms with Crippen molar-refractivity contribution in [2.24, 2.45) is 0 Å². The van der Waals surface area contributed by atoms with E-state index in [1.165, 1.54) is 12.1 Å². The molecule has 1 heterocycles. The van der Waals surface area contributed by atoms with Crippen LogP contribution in [0, 0.1) is 0 Å². The molecular weight excluding hydrogens is 335 g/mol. The molecule has 0 aliphatic carbocycles. The Balaban J connectivity index is 1.97. The summed E-state index contributed by atoms with van der Waals surface area (Å²) in [6.45, 7) is 1.18. The largest absolute Gasteiger partial charge is 0.397 e. The van der Waals surface area contributed by atoms with Crippen LogP contribution in [0.25, 0.3) is 0 Å². The smallest absolute Gasteiger partial charge is 0.237 e. The van der Waals surface area contributed by atoms with E-state index >= 15 is 0 Å². The van der Waals surface area contributed by atoms with Gasteiger partial charge in [-0.3, -0.25) is 9.00 Å². The van der Waals surface area contributed by atoms with E-state index in [-0.39, 0.29) is 27.6 Å². The first-order valence-electron chi connectivity index (χ1n) is 6.46. The number of nitrogens with one attached hydrogen (secondary N) is 1. The first-order chi connectivity index (χ1) is 9.97. The maximum atomic E-state index is 12.1. The molecule has 1 atom stereocenters. The molecule has 8 heteroatoms. The lowest BCUT2D eigenvalue weighted by molar-refractivity contribution is -0.113. The molecule has 5 nitrogen and oxygen atoms in total. The zero-order valence-electron chi connectivity index (χ0n) is 11.2. The Labute approximate surface area is 135 Å². The van der Waals surface area contributed by atoms with Gasteiger partial charge in [-0.15, -0.1) is 0 Å². The highest BCUT2D eigenvalue weighted by Crippen LogP contribution is 2.32. The molecule has 1 fully saturated rings. The Morgan fingerprint density at radius 2 is 2.05 bits per heavy atom. The van der Waals surface area contributed by atoms with Crippen LogP contribution in [0.1, 0.15) is 12.8 Å². The molecule has 116 valence electrons. The summed E-state index contributed by atoms with van der Waals surface area (Å²) in [6, 6.07) is 2.99. The Morgan fingerprint density at radius 3 is 2.67 bits per heavy atom. The first kappa shape index (κ1) is 16.5. The van der Waals surface area contributed by atoms with Crippen molar-refractivity contribution in [1.29, 1.82) is 0 Å². The molecule has 0 bridgehead atoms. The monoisotopic (exact) mass is 350 g/mol. The highest BCUT2D eigenvalue weighted by molar-refractivity contribution is 7.86. The summed E-state index contributed by atoms with van der Waals surface area (Å²) in [5.41, 5.74) is 6.34. The molecule has 1 saturated heterocycles. The minimum atomic E-state index is -1.23. The fourth-order valence-electron chi connectivity index (χ4n) is 2.09. The van der Waals surface area contributed by atoms with E-state index in [1.54, 1.807) is 0 Å². The Hall–Kier alpha value is -0.820. The van der Waals surface area contributed by atoms with Gasteiger partial charge in [0.05, 0.1) is 16.4 Å². The molecule has 1 aromatic rings. The number of nitrogen functional groups attached to an aromatic ring is 1. The van der Waals surface area contributed by atoms with Gasteiger partial charge in [0.2, 0.25) is 5.91 Å². The van der Waals surface area contributed by atoms with Crippen LogP contribution in [0.4, 0.5) is 11.4 Å². The van der Waals surface area contributed by atoms with Crippen LogP contribution in [0.2, 0.25) is 10.0 Å². The number of carbonyl (C=O) groups excluding carboxylic acids is 1. The van der Waals surface area contributed by atoms with Crippen LogP contribution >= 0.6 is 23.2 Å². The number of ether oxygens (including phenoxy) is 1. The van der Waals surface area contributed by atoms with E-state index in [2.05, 4.69) is 5.32 Å². The maximum absolute atomic E-state index is 12.1. The van der Waals surface area contributed by atoms with Gasteiger partial charge in [0.1, 0.15) is 5.75 Å². The molecule has 1 aliphatic heterocycles. The van der Waals surface area contributed by atoms with Gasteiger partial charge in [0.15, 0.2) is 0 Å². The summed E-state index contributed by atoms with van der Waals surface area (Å²) < 4.78 is 17.3. The Bertz CT molecular complexity index is 539. The van der Waals surface area contributed by atoms with E-state index < -0.39 is 10.8 Å². The van der Waals surface area contributed by atoms with Crippen molar-refractivity contribution < 1.29 is 13.7 Å². The van der Waals surface area contributed by atoms with Gasteiger partial charge in [-0.2, -0.15) is 0 Å². The summed E-state index contributed by atoms with van der Waals surface area (Å²) in [4.78, 5) is 12.0. The number of anilines is 2. The number of nitrogens with two attached hydrogens (primary N) is 1. The topological polar surface area (TPSA) is 81.4 Å². The second kappa shape index (κ2) is 7.45. The van der Waals surface area contributed by atoms with Gasteiger partial charge in [0.25, 0.3) is 0 Å². The summed E-state index contributed by atoms with van der Waals surface area (Å²) in [7, 11) is -1.23. The summed E-state index contributed by atoms with van der Waals surface area (Å²) in [6.07, 6.45) is 1.42. The molecule has 0 spiro atoms. The number of amides is 1. The number of hydrogen-bond acceptors (Lipinski definition) is 4. The van der Waals surface area contributed by atoms with Crippen LogP contribution in [0.15, 0.2) is 12.1 Å². The standard InChI is InChI=1S/C13H16Cl2N2O3S/c14-8-5-10(15)13(11(16)6-8)17-12(18)7-21(19)9-1-3-20-4-2-9/h5-6,9H,1-4,7,16H2,(H,17,18). The van der Waals surface area contributed by atoms with Crippen LogP contribution in [-0.2, 0) is 20.3 Å². The predicted octanol–water partition coefficient (Wildman–Crippen LogP) is 2.44. The number of hydrogen-bond donors (Lipinski definition) is 2. The second-order valence-corrected chi connectivity index (χ2v) is 7.30. The lowest BCUT2D eigenvalue weighted by Crippen LogP contribution is -2.30. The SMILES string of the molecule is Nc1cc(Cl)cc(Cl)c1NC(=O)CS(=O)C1CCOCC1. The third kappa shape index (κ3) is 4.57. The van der Waals surface area contributed by atoms with Crippen LogP contribution < -0.4 is 11.1 Å². The maximum Gasteiger partial charge on any atom is 0.237 e. The van der Waals surface area contributed by atoms with Gasteiger partial charge in [0, 0.05) is 34.3 Å². The average Bonchev–Trinajstić information content (AvgIpc) is 2.43. The highest BCUT2D eigenvalue weighted by Gasteiger charge is 2.22. The minimum absolute atomic E-state index is 0.00235. The quantitative estimate of drug-likeness (QED) is 0.817. The number of rotatable bonds is 4. The lowest BCUT2D eigenvalue weighted by atomic mass is 10.2. The lowest BCUT2D eigenvalue weighted by Gasteiger charge is -2.21. The summed E-state index contributed by atoms with van der Waals surface area (Å²) in [5, 5.41) is 3.24.